The van der Waals surface area contributed by atoms with Gasteiger partial charge in [0.15, 0.2) is 0 Å². The summed E-state index contributed by atoms with van der Waals surface area (Å²) in [6.07, 6.45) is 0.611. The van der Waals surface area contributed by atoms with Crippen molar-refractivity contribution in [1.29, 1.82) is 0 Å². The molecule has 0 aliphatic carbocycles. The average Bonchev–Trinajstić information content (AvgIpc) is 2.37. The number of aromatic nitrogens is 1. The van der Waals surface area contributed by atoms with E-state index in [1.807, 2.05) is 5.38 Å². The van der Waals surface area contributed by atoms with Crippen molar-refractivity contribution >= 4 is 11.3 Å². The Labute approximate surface area is 63.3 Å². The second-order valence-corrected chi connectivity index (χ2v) is 2.60. The molecule has 4 heteroatoms. The third-order valence-corrected chi connectivity index (χ3v) is 1.92. The molecule has 0 amide bonds. The number of thiazole rings is 1. The average molecular weight is 159 g/mol. The Bertz CT molecular complexity index is 199. The van der Waals surface area contributed by atoms with Gasteiger partial charge in [0, 0.05) is 18.4 Å². The molecule has 56 valence electrons. The Morgan fingerprint density at radius 1 is 1.80 bits per heavy atom. The Balaban J connectivity index is 2.59. The van der Waals surface area contributed by atoms with Gasteiger partial charge in [-0.2, -0.15) is 0 Å². The molecule has 0 bridgehead atoms. The fourth-order valence-corrected chi connectivity index (χ4v) is 1.29. The molecule has 0 aromatic carbocycles. The highest BCUT2D eigenvalue weighted by molar-refractivity contribution is 7.11. The van der Waals surface area contributed by atoms with Crippen molar-refractivity contribution in [1.82, 2.24) is 4.98 Å². The van der Waals surface area contributed by atoms with Crippen LogP contribution in [0.1, 0.15) is 5.69 Å². The molecule has 0 fully saturated rings. The molecule has 1 heterocycles. The lowest BCUT2D eigenvalue weighted by atomic mass is 10.4. The van der Waals surface area contributed by atoms with Crippen LogP contribution < -0.4 is 4.74 Å². The lowest BCUT2D eigenvalue weighted by Crippen LogP contribution is -1.90. The van der Waals surface area contributed by atoms with E-state index in [1.54, 1.807) is 7.11 Å². The maximum absolute atomic E-state index is 8.53. The van der Waals surface area contributed by atoms with Crippen LogP contribution in [0.2, 0.25) is 0 Å². The van der Waals surface area contributed by atoms with Crippen molar-refractivity contribution in [2.45, 2.75) is 6.42 Å². The van der Waals surface area contributed by atoms with Gasteiger partial charge in [0.2, 0.25) is 0 Å². The maximum atomic E-state index is 8.53. The standard InChI is InChI=1S/C6H9NO2S/c1-9-6-7-5(2-3-8)4-10-6/h4,8H,2-3H2,1H3. The van der Waals surface area contributed by atoms with Crippen LogP contribution in [0.25, 0.3) is 0 Å². The smallest absolute Gasteiger partial charge is 0.273 e. The van der Waals surface area contributed by atoms with E-state index >= 15 is 0 Å². The number of ether oxygens (including phenoxy) is 1. The molecule has 1 aromatic heterocycles. The van der Waals surface area contributed by atoms with Crippen LogP contribution in [0.15, 0.2) is 5.38 Å². The van der Waals surface area contributed by atoms with Crippen molar-refractivity contribution in [2.24, 2.45) is 0 Å². The Morgan fingerprint density at radius 3 is 3.10 bits per heavy atom. The summed E-state index contributed by atoms with van der Waals surface area (Å²) in [5, 5.41) is 11.1. The molecule has 10 heavy (non-hydrogen) atoms. The van der Waals surface area contributed by atoms with Crippen molar-refractivity contribution < 1.29 is 9.84 Å². The van der Waals surface area contributed by atoms with E-state index in [0.717, 1.165) is 5.69 Å². The summed E-state index contributed by atoms with van der Waals surface area (Å²) in [5.74, 6) is 0. The van der Waals surface area contributed by atoms with E-state index < -0.39 is 0 Å². The Hall–Kier alpha value is -0.610. The molecule has 0 aliphatic heterocycles. The van der Waals surface area contributed by atoms with Crippen molar-refractivity contribution in [2.75, 3.05) is 13.7 Å². The second-order valence-electron chi connectivity index (χ2n) is 1.78. The maximum Gasteiger partial charge on any atom is 0.273 e. The SMILES string of the molecule is COc1nc(CCO)cs1. The zero-order valence-corrected chi connectivity index (χ0v) is 6.52. The largest absolute Gasteiger partial charge is 0.473 e. The zero-order valence-electron chi connectivity index (χ0n) is 5.70. The summed E-state index contributed by atoms with van der Waals surface area (Å²) < 4.78 is 4.87. The minimum Gasteiger partial charge on any atom is -0.473 e. The van der Waals surface area contributed by atoms with E-state index in [4.69, 9.17) is 9.84 Å². The number of nitrogens with zero attached hydrogens (tertiary/aromatic N) is 1. The summed E-state index contributed by atoms with van der Waals surface area (Å²) in [7, 11) is 1.58. The Kier molecular flexibility index (Phi) is 2.65. The van der Waals surface area contributed by atoms with Crippen molar-refractivity contribution in [3.8, 4) is 5.19 Å². The topological polar surface area (TPSA) is 42.4 Å². The van der Waals surface area contributed by atoms with Gasteiger partial charge in [-0.3, -0.25) is 0 Å². The fraction of sp³-hybridized carbons (Fsp3) is 0.500. The third kappa shape index (κ3) is 1.68. The quantitative estimate of drug-likeness (QED) is 0.705. The second kappa shape index (κ2) is 3.53. The molecule has 0 atom stereocenters. The molecular formula is C6H9NO2S. The number of methoxy groups -OCH3 is 1. The van der Waals surface area contributed by atoms with Gasteiger partial charge in [0.25, 0.3) is 5.19 Å². The Morgan fingerprint density at radius 2 is 2.60 bits per heavy atom. The summed E-state index contributed by atoms with van der Waals surface area (Å²) >= 11 is 1.45. The number of aliphatic hydroxyl groups is 1. The molecular weight excluding hydrogens is 150 g/mol. The first kappa shape index (κ1) is 7.50. The van der Waals surface area contributed by atoms with Gasteiger partial charge < -0.3 is 9.84 Å². The normalized spacial score (nSPS) is 9.80. The number of aliphatic hydroxyl groups excluding tert-OH is 1. The molecule has 0 aliphatic rings. The first-order valence-electron chi connectivity index (χ1n) is 2.96. The molecule has 0 spiro atoms. The molecule has 1 N–H and O–H groups in total. The minimum absolute atomic E-state index is 0.146. The summed E-state index contributed by atoms with van der Waals surface area (Å²) in [5.41, 5.74) is 0.893. The van der Waals surface area contributed by atoms with Gasteiger partial charge in [-0.1, -0.05) is 11.3 Å². The van der Waals surface area contributed by atoms with E-state index in [-0.39, 0.29) is 6.61 Å². The highest BCUT2D eigenvalue weighted by atomic mass is 32.1. The van der Waals surface area contributed by atoms with Crippen LogP contribution in [0.3, 0.4) is 0 Å². The molecule has 0 radical (unpaired) electrons. The van der Waals surface area contributed by atoms with Crippen LogP contribution in [0.4, 0.5) is 0 Å². The lowest BCUT2D eigenvalue weighted by molar-refractivity contribution is 0.298. The van der Waals surface area contributed by atoms with Crippen LogP contribution in [-0.4, -0.2) is 23.8 Å². The summed E-state index contributed by atoms with van der Waals surface area (Å²) in [6, 6.07) is 0. The number of hydrogen-bond acceptors (Lipinski definition) is 4. The zero-order chi connectivity index (χ0) is 7.40. The molecule has 0 saturated heterocycles. The molecule has 0 unspecified atom stereocenters. The number of rotatable bonds is 3. The first-order chi connectivity index (χ1) is 4.86. The van der Waals surface area contributed by atoms with E-state index in [0.29, 0.717) is 11.6 Å². The summed E-state index contributed by atoms with van der Waals surface area (Å²) in [6.45, 7) is 0.146. The van der Waals surface area contributed by atoms with Crippen LogP contribution >= 0.6 is 11.3 Å². The van der Waals surface area contributed by atoms with Crippen LogP contribution in [0.5, 0.6) is 5.19 Å². The fourth-order valence-electron chi connectivity index (χ4n) is 0.612. The number of hydrogen-bond donors (Lipinski definition) is 1. The van der Waals surface area contributed by atoms with Gasteiger partial charge in [-0.25, -0.2) is 4.98 Å². The molecule has 1 aromatic rings. The predicted molar refractivity (Wildman–Crippen MR) is 39.5 cm³/mol. The van der Waals surface area contributed by atoms with Crippen LogP contribution in [0, 0.1) is 0 Å². The highest BCUT2D eigenvalue weighted by Gasteiger charge is 1.98. The highest BCUT2D eigenvalue weighted by Crippen LogP contribution is 2.16. The van der Waals surface area contributed by atoms with Gasteiger partial charge in [-0.15, -0.1) is 0 Å². The third-order valence-electron chi connectivity index (χ3n) is 1.07. The van der Waals surface area contributed by atoms with E-state index in [1.165, 1.54) is 11.3 Å². The van der Waals surface area contributed by atoms with Gasteiger partial charge >= 0.3 is 0 Å². The van der Waals surface area contributed by atoms with E-state index in [9.17, 15) is 0 Å². The monoisotopic (exact) mass is 159 g/mol. The minimum atomic E-state index is 0.146. The van der Waals surface area contributed by atoms with Gasteiger partial charge in [-0.05, 0) is 0 Å². The van der Waals surface area contributed by atoms with E-state index in [2.05, 4.69) is 4.98 Å². The van der Waals surface area contributed by atoms with Crippen LogP contribution in [-0.2, 0) is 6.42 Å². The molecule has 3 nitrogen and oxygen atoms in total. The van der Waals surface area contributed by atoms with Crippen molar-refractivity contribution in [3.63, 3.8) is 0 Å². The predicted octanol–water partition coefficient (Wildman–Crippen LogP) is 0.687. The lowest BCUT2D eigenvalue weighted by Gasteiger charge is -1.88. The van der Waals surface area contributed by atoms with Crippen molar-refractivity contribution in [3.05, 3.63) is 11.1 Å². The summed E-state index contributed by atoms with van der Waals surface area (Å²) in [4.78, 5) is 4.05. The molecule has 1 rings (SSSR count). The van der Waals surface area contributed by atoms with Gasteiger partial charge in [0.05, 0.1) is 12.8 Å². The first-order valence-corrected chi connectivity index (χ1v) is 3.84. The molecule has 0 saturated carbocycles. The van der Waals surface area contributed by atoms with Gasteiger partial charge in [0.1, 0.15) is 0 Å².